The molecule has 1 fully saturated rings. The first-order chi connectivity index (χ1) is 19.7. The quantitative estimate of drug-likeness (QED) is 0.128. The van der Waals surface area contributed by atoms with Crippen LogP contribution in [0.1, 0.15) is 41.3 Å². The molecule has 1 saturated heterocycles. The summed E-state index contributed by atoms with van der Waals surface area (Å²) in [7, 11) is -2.95. The predicted molar refractivity (Wildman–Crippen MR) is 178 cm³/mol. The van der Waals surface area contributed by atoms with Crippen LogP contribution >= 0.6 is 34.8 Å². The van der Waals surface area contributed by atoms with Gasteiger partial charge in [0.15, 0.2) is 0 Å². The second kappa shape index (κ2) is 16.4. The molecule has 11 heteroatoms. The van der Waals surface area contributed by atoms with Crippen molar-refractivity contribution >= 4 is 52.1 Å². The lowest BCUT2D eigenvalue weighted by Gasteiger charge is -2.47. The normalized spacial score (nSPS) is 16.5. The summed E-state index contributed by atoms with van der Waals surface area (Å²) in [4.78, 5) is 13.6. The van der Waals surface area contributed by atoms with Crippen molar-refractivity contribution in [3.8, 4) is 0 Å². The van der Waals surface area contributed by atoms with E-state index in [1.165, 1.54) is 0 Å². The zero-order chi connectivity index (χ0) is 29.2. The van der Waals surface area contributed by atoms with Gasteiger partial charge in [0.05, 0.1) is 23.6 Å². The molecule has 4 rings (SSSR count). The number of amides is 1. The van der Waals surface area contributed by atoms with Crippen molar-refractivity contribution in [1.82, 2.24) is 10.6 Å². The van der Waals surface area contributed by atoms with Gasteiger partial charge in [-0.1, -0.05) is 54.1 Å². The SMILES string of the molecule is CCNc1cc(C(=O)N[C@@H](Cc2ccccc2)[C@@H](O)CNCCc2cccc(Cl)c2)cc(N2CCCCS2(O)O)c1.Cl. The average molecular weight is 638 g/mol. The smallest absolute Gasteiger partial charge is 0.251 e. The minimum atomic E-state index is -2.95. The van der Waals surface area contributed by atoms with Crippen LogP contribution in [0, 0.1) is 0 Å². The molecule has 230 valence electrons. The second-order valence-corrected chi connectivity index (χ2v) is 12.9. The molecule has 3 aromatic carbocycles. The highest BCUT2D eigenvalue weighted by molar-refractivity contribution is 8.25. The van der Waals surface area contributed by atoms with Gasteiger partial charge in [0.2, 0.25) is 0 Å². The first-order valence-corrected chi connectivity index (χ1v) is 16.2. The van der Waals surface area contributed by atoms with Gasteiger partial charge in [0.25, 0.3) is 5.91 Å². The van der Waals surface area contributed by atoms with Crippen LogP contribution in [0.4, 0.5) is 11.4 Å². The van der Waals surface area contributed by atoms with Gasteiger partial charge in [0, 0.05) is 35.9 Å². The zero-order valence-electron chi connectivity index (χ0n) is 23.8. The molecule has 1 aliphatic rings. The molecule has 0 radical (unpaired) electrons. The third-order valence-electron chi connectivity index (χ3n) is 7.14. The van der Waals surface area contributed by atoms with Gasteiger partial charge in [-0.3, -0.25) is 18.2 Å². The highest BCUT2D eigenvalue weighted by Gasteiger charge is 2.28. The van der Waals surface area contributed by atoms with Crippen LogP contribution in [-0.2, 0) is 12.8 Å². The molecule has 1 heterocycles. The number of nitrogens with zero attached hydrogens (tertiary/aromatic N) is 1. The summed E-state index contributed by atoms with van der Waals surface area (Å²) >= 11 is 6.09. The molecule has 3 aromatic rings. The van der Waals surface area contributed by atoms with E-state index >= 15 is 0 Å². The van der Waals surface area contributed by atoms with E-state index in [1.807, 2.05) is 67.6 Å². The standard InChI is InChI=1S/C31H41ClN4O4S.ClH/c1-2-34-27-19-25(20-28(21-27)36-15-6-7-16-41(36,39)40)31(38)35-29(18-23-9-4-3-5-10-23)30(37)22-33-14-13-24-11-8-12-26(32)17-24;/h3-5,8-12,17,19-21,29-30,33-34,37,39-40H,2,6-7,13-16,18,22H2,1H3,(H,35,38);1H/t29-,30-;/m0./s1. The third-order valence-corrected chi connectivity index (χ3v) is 9.31. The van der Waals surface area contributed by atoms with Crippen molar-refractivity contribution in [2.45, 2.75) is 44.8 Å². The molecule has 42 heavy (non-hydrogen) atoms. The Morgan fingerprint density at radius 1 is 1.02 bits per heavy atom. The Balaban J connectivity index is 0.00000484. The van der Waals surface area contributed by atoms with E-state index in [4.69, 9.17) is 11.6 Å². The van der Waals surface area contributed by atoms with E-state index in [0.717, 1.165) is 36.1 Å². The molecular formula is C31H42Cl2N4O4S. The number of carbonyl (C=O) groups excluding carboxylic acids is 1. The van der Waals surface area contributed by atoms with E-state index < -0.39 is 22.9 Å². The summed E-state index contributed by atoms with van der Waals surface area (Å²) in [5.41, 5.74) is 3.81. The van der Waals surface area contributed by atoms with Crippen LogP contribution in [0.25, 0.3) is 0 Å². The molecule has 2 atom stereocenters. The van der Waals surface area contributed by atoms with Crippen molar-refractivity contribution in [2.24, 2.45) is 0 Å². The molecule has 1 aliphatic heterocycles. The van der Waals surface area contributed by atoms with Crippen LogP contribution < -0.4 is 20.3 Å². The Labute approximate surface area is 261 Å². The molecule has 8 nitrogen and oxygen atoms in total. The fourth-order valence-electron chi connectivity index (χ4n) is 5.02. The molecule has 6 N–H and O–H groups in total. The van der Waals surface area contributed by atoms with Crippen molar-refractivity contribution < 1.29 is 19.0 Å². The van der Waals surface area contributed by atoms with Crippen LogP contribution in [-0.4, -0.2) is 64.2 Å². The number of aliphatic hydroxyl groups excluding tert-OH is 1. The molecule has 1 amide bonds. The van der Waals surface area contributed by atoms with E-state index in [9.17, 15) is 19.0 Å². The number of rotatable bonds is 13. The van der Waals surface area contributed by atoms with E-state index in [2.05, 4.69) is 16.0 Å². The van der Waals surface area contributed by atoms with Gasteiger partial charge in [0.1, 0.15) is 0 Å². The Bertz CT molecular complexity index is 1280. The highest BCUT2D eigenvalue weighted by Crippen LogP contribution is 2.50. The molecule has 0 aromatic heterocycles. The van der Waals surface area contributed by atoms with Crippen LogP contribution in [0.3, 0.4) is 0 Å². The number of hydrogen-bond donors (Lipinski definition) is 6. The molecule has 0 spiro atoms. The summed E-state index contributed by atoms with van der Waals surface area (Å²) in [6.07, 6.45) is 1.97. The van der Waals surface area contributed by atoms with Gasteiger partial charge in [-0.05, 0) is 80.6 Å². The highest BCUT2D eigenvalue weighted by atomic mass is 35.5. The Hall–Kier alpha value is -2.50. The minimum absolute atomic E-state index is 0. The van der Waals surface area contributed by atoms with Crippen LogP contribution in [0.15, 0.2) is 72.8 Å². The fraction of sp³-hybridized carbons (Fsp3) is 0.387. The van der Waals surface area contributed by atoms with Gasteiger partial charge in [-0.25, -0.2) is 0 Å². The maximum atomic E-state index is 13.6. The second-order valence-electron chi connectivity index (χ2n) is 10.4. The summed E-state index contributed by atoms with van der Waals surface area (Å²) < 4.78 is 23.0. The number of nitrogens with one attached hydrogen (secondary N) is 3. The fourth-order valence-corrected chi connectivity index (χ4v) is 6.91. The number of carbonyl (C=O) groups is 1. The monoisotopic (exact) mass is 636 g/mol. The number of hydrogen-bond acceptors (Lipinski definition) is 7. The maximum absolute atomic E-state index is 13.6. The number of anilines is 2. The maximum Gasteiger partial charge on any atom is 0.251 e. The van der Waals surface area contributed by atoms with Gasteiger partial charge in [-0.2, -0.15) is 0 Å². The van der Waals surface area contributed by atoms with Gasteiger partial charge in [-0.15, -0.1) is 23.2 Å². The summed E-state index contributed by atoms with van der Waals surface area (Å²) in [6, 6.07) is 22.2. The van der Waals surface area contributed by atoms with E-state index in [-0.39, 0.29) is 18.3 Å². The first kappa shape index (κ1) is 34.0. The van der Waals surface area contributed by atoms with E-state index in [0.29, 0.717) is 54.6 Å². The Kier molecular flexibility index (Phi) is 13.3. The Morgan fingerprint density at radius 2 is 1.79 bits per heavy atom. The Morgan fingerprint density at radius 3 is 2.50 bits per heavy atom. The predicted octanol–water partition coefficient (Wildman–Crippen LogP) is 5.99. The minimum Gasteiger partial charge on any atom is -0.390 e. The molecule has 0 unspecified atom stereocenters. The van der Waals surface area contributed by atoms with Gasteiger partial charge >= 0.3 is 0 Å². The van der Waals surface area contributed by atoms with Crippen LogP contribution in [0.2, 0.25) is 5.02 Å². The van der Waals surface area contributed by atoms with Crippen molar-refractivity contribution in [3.63, 3.8) is 0 Å². The lowest BCUT2D eigenvalue weighted by Crippen LogP contribution is -2.49. The van der Waals surface area contributed by atoms with Crippen molar-refractivity contribution in [1.29, 1.82) is 0 Å². The molecule has 0 saturated carbocycles. The van der Waals surface area contributed by atoms with Crippen molar-refractivity contribution in [3.05, 3.63) is 94.5 Å². The summed E-state index contributed by atoms with van der Waals surface area (Å²) in [5.74, 6) is -0.0197. The lowest BCUT2D eigenvalue weighted by atomic mass is 10.00. The third kappa shape index (κ3) is 9.77. The van der Waals surface area contributed by atoms with Crippen molar-refractivity contribution in [2.75, 3.05) is 41.6 Å². The van der Waals surface area contributed by atoms with Gasteiger partial charge < -0.3 is 21.1 Å². The lowest BCUT2D eigenvalue weighted by molar-refractivity contribution is 0.0831. The number of benzene rings is 3. The summed E-state index contributed by atoms with van der Waals surface area (Å²) in [5, 5.41) is 21.5. The number of halogens is 2. The largest absolute Gasteiger partial charge is 0.390 e. The summed E-state index contributed by atoms with van der Waals surface area (Å²) in [6.45, 7) is 4.08. The molecule has 0 bridgehead atoms. The zero-order valence-corrected chi connectivity index (χ0v) is 26.2. The molecular weight excluding hydrogens is 595 g/mol. The molecule has 0 aliphatic carbocycles. The average Bonchev–Trinajstić information content (AvgIpc) is 2.95. The van der Waals surface area contributed by atoms with Crippen LogP contribution in [0.5, 0.6) is 0 Å². The van der Waals surface area contributed by atoms with E-state index in [1.54, 1.807) is 16.4 Å². The topological polar surface area (TPSA) is 117 Å². The first-order valence-electron chi connectivity index (χ1n) is 14.2. The number of aliphatic hydroxyl groups is 1.